The predicted octanol–water partition coefficient (Wildman–Crippen LogP) is 4.21. The zero-order chi connectivity index (χ0) is 15.6. The maximum absolute atomic E-state index is 12.6. The van der Waals surface area contributed by atoms with Crippen LogP contribution in [0.15, 0.2) is 24.3 Å². The molecule has 1 aromatic carbocycles. The Morgan fingerprint density at radius 3 is 2.05 bits per heavy atom. The molecule has 0 aromatic heterocycles. The van der Waals surface area contributed by atoms with Crippen LogP contribution in [0.4, 0.5) is 26.3 Å². The first-order valence-corrected chi connectivity index (χ1v) is 5.98. The van der Waals surface area contributed by atoms with E-state index in [1.807, 2.05) is 0 Å². The van der Waals surface area contributed by atoms with Crippen molar-refractivity contribution in [3.05, 3.63) is 34.9 Å². The SMILES string of the molecule is CNC(Cc1cccc(Cl)c1)C(C(F)(F)F)C(F)(F)F. The molecule has 0 bridgehead atoms. The van der Waals surface area contributed by atoms with Gasteiger partial charge in [0, 0.05) is 11.1 Å². The van der Waals surface area contributed by atoms with Crippen molar-refractivity contribution in [1.82, 2.24) is 5.32 Å². The molecule has 1 nitrogen and oxygen atoms in total. The van der Waals surface area contributed by atoms with E-state index < -0.39 is 30.7 Å². The van der Waals surface area contributed by atoms with Gasteiger partial charge in [-0.3, -0.25) is 0 Å². The minimum Gasteiger partial charge on any atom is -0.316 e. The molecule has 0 fully saturated rings. The van der Waals surface area contributed by atoms with Gasteiger partial charge < -0.3 is 5.32 Å². The number of alkyl halides is 6. The third-order valence-corrected chi connectivity index (χ3v) is 3.06. The van der Waals surface area contributed by atoms with Gasteiger partial charge in [-0.25, -0.2) is 0 Å². The Balaban J connectivity index is 3.03. The summed E-state index contributed by atoms with van der Waals surface area (Å²) in [5.41, 5.74) is 0.301. The molecule has 0 aliphatic rings. The molecular weight excluding hydrogens is 308 g/mol. The van der Waals surface area contributed by atoms with E-state index in [1.165, 1.54) is 24.3 Å². The van der Waals surface area contributed by atoms with Crippen LogP contribution < -0.4 is 5.32 Å². The first-order valence-electron chi connectivity index (χ1n) is 5.61. The van der Waals surface area contributed by atoms with Crippen LogP contribution in [-0.2, 0) is 6.42 Å². The first kappa shape index (κ1) is 17.1. The largest absolute Gasteiger partial charge is 0.402 e. The average molecular weight is 320 g/mol. The zero-order valence-electron chi connectivity index (χ0n) is 10.3. The fraction of sp³-hybridized carbons (Fsp3) is 0.500. The summed E-state index contributed by atoms with van der Waals surface area (Å²) in [6.07, 6.45) is -11.2. The maximum Gasteiger partial charge on any atom is 0.402 e. The second-order valence-electron chi connectivity index (χ2n) is 4.29. The van der Waals surface area contributed by atoms with Gasteiger partial charge >= 0.3 is 12.4 Å². The molecule has 1 aromatic rings. The van der Waals surface area contributed by atoms with Gasteiger partial charge in [-0.2, -0.15) is 26.3 Å². The Kier molecular flexibility index (Phi) is 5.32. The summed E-state index contributed by atoms with van der Waals surface area (Å²) in [6.45, 7) is 0. The van der Waals surface area contributed by atoms with Gasteiger partial charge in [0.2, 0.25) is 0 Å². The van der Waals surface area contributed by atoms with E-state index in [0.29, 0.717) is 5.56 Å². The van der Waals surface area contributed by atoms with Gasteiger partial charge in [-0.15, -0.1) is 0 Å². The van der Waals surface area contributed by atoms with Crippen molar-refractivity contribution in [2.45, 2.75) is 24.8 Å². The van der Waals surface area contributed by atoms with E-state index in [1.54, 1.807) is 0 Å². The maximum atomic E-state index is 12.6. The standard InChI is InChI=1S/C12H12ClF6N/c1-20-9(6-7-3-2-4-8(13)5-7)10(11(14,15)16)12(17,18)19/h2-5,9-10,20H,6H2,1H3. The molecular formula is C12H12ClF6N. The molecule has 1 N–H and O–H groups in total. The van der Waals surface area contributed by atoms with Gasteiger partial charge in [-0.05, 0) is 31.2 Å². The Morgan fingerprint density at radius 2 is 1.65 bits per heavy atom. The fourth-order valence-electron chi connectivity index (χ4n) is 1.95. The molecule has 0 saturated carbocycles. The minimum absolute atomic E-state index is 0.257. The molecule has 1 unspecified atom stereocenters. The number of nitrogens with one attached hydrogen (secondary N) is 1. The van der Waals surface area contributed by atoms with Gasteiger partial charge in [0.1, 0.15) is 0 Å². The van der Waals surface area contributed by atoms with Crippen LogP contribution in [0.5, 0.6) is 0 Å². The van der Waals surface area contributed by atoms with Crippen molar-refractivity contribution in [2.24, 2.45) is 5.92 Å². The molecule has 1 rings (SSSR count). The summed E-state index contributed by atoms with van der Waals surface area (Å²) in [6, 6.07) is 3.93. The molecule has 114 valence electrons. The molecule has 0 amide bonds. The highest BCUT2D eigenvalue weighted by Crippen LogP contribution is 2.42. The van der Waals surface area contributed by atoms with E-state index in [-0.39, 0.29) is 5.02 Å². The van der Waals surface area contributed by atoms with Crippen LogP contribution in [0.3, 0.4) is 0 Å². The number of halogens is 7. The third-order valence-electron chi connectivity index (χ3n) is 2.82. The van der Waals surface area contributed by atoms with Gasteiger partial charge in [0.25, 0.3) is 0 Å². The van der Waals surface area contributed by atoms with Crippen LogP contribution in [-0.4, -0.2) is 25.4 Å². The third kappa shape index (κ3) is 4.56. The van der Waals surface area contributed by atoms with E-state index in [0.717, 1.165) is 7.05 Å². The van der Waals surface area contributed by atoms with Gasteiger partial charge in [-0.1, -0.05) is 23.7 Å². The monoisotopic (exact) mass is 319 g/mol. The van der Waals surface area contributed by atoms with Crippen LogP contribution in [0.1, 0.15) is 5.56 Å². The molecule has 8 heteroatoms. The van der Waals surface area contributed by atoms with Crippen molar-refractivity contribution in [3.63, 3.8) is 0 Å². The van der Waals surface area contributed by atoms with Crippen molar-refractivity contribution in [2.75, 3.05) is 7.05 Å². The summed E-state index contributed by atoms with van der Waals surface area (Å²) in [7, 11) is 1.07. The topological polar surface area (TPSA) is 12.0 Å². The Labute approximate surface area is 116 Å². The number of hydrogen-bond donors (Lipinski definition) is 1. The van der Waals surface area contributed by atoms with Crippen LogP contribution in [0, 0.1) is 5.92 Å². The molecule has 0 spiro atoms. The molecule has 1 atom stereocenters. The Hall–Kier alpha value is -0.950. The highest BCUT2D eigenvalue weighted by molar-refractivity contribution is 6.30. The molecule has 20 heavy (non-hydrogen) atoms. The number of rotatable bonds is 4. The lowest BCUT2D eigenvalue weighted by Crippen LogP contribution is -2.51. The van der Waals surface area contributed by atoms with E-state index >= 15 is 0 Å². The van der Waals surface area contributed by atoms with Crippen molar-refractivity contribution >= 4 is 11.6 Å². The molecule has 0 aliphatic carbocycles. The smallest absolute Gasteiger partial charge is 0.316 e. The number of hydrogen-bond acceptors (Lipinski definition) is 1. The van der Waals surface area contributed by atoms with Gasteiger partial charge in [0.05, 0.1) is 0 Å². The lowest BCUT2D eigenvalue weighted by atomic mass is 9.92. The normalized spacial score (nSPS) is 14.7. The second kappa shape index (κ2) is 6.22. The predicted molar refractivity (Wildman–Crippen MR) is 63.6 cm³/mol. The second-order valence-corrected chi connectivity index (χ2v) is 4.73. The van der Waals surface area contributed by atoms with Crippen molar-refractivity contribution in [3.8, 4) is 0 Å². The first-order chi connectivity index (χ1) is 9.05. The Morgan fingerprint density at radius 1 is 1.10 bits per heavy atom. The summed E-state index contributed by atoms with van der Waals surface area (Å²) in [4.78, 5) is 0. The van der Waals surface area contributed by atoms with Gasteiger partial charge in [0.15, 0.2) is 5.92 Å². The van der Waals surface area contributed by atoms with Crippen LogP contribution in [0.2, 0.25) is 5.02 Å². The van der Waals surface area contributed by atoms with Crippen LogP contribution in [0.25, 0.3) is 0 Å². The minimum atomic E-state index is -5.37. The number of benzene rings is 1. The molecule has 0 radical (unpaired) electrons. The van der Waals surface area contributed by atoms with E-state index in [4.69, 9.17) is 11.6 Å². The molecule has 0 saturated heterocycles. The summed E-state index contributed by atoms with van der Waals surface area (Å²) in [5.74, 6) is -3.43. The lowest BCUT2D eigenvalue weighted by molar-refractivity contribution is -0.291. The summed E-state index contributed by atoms with van der Waals surface area (Å²) in [5, 5.41) is 2.36. The molecule has 0 heterocycles. The summed E-state index contributed by atoms with van der Waals surface area (Å²) < 4.78 is 75.9. The molecule has 0 aliphatic heterocycles. The van der Waals surface area contributed by atoms with Crippen molar-refractivity contribution < 1.29 is 26.3 Å². The summed E-state index contributed by atoms with van der Waals surface area (Å²) >= 11 is 5.67. The average Bonchev–Trinajstić information content (AvgIpc) is 2.24. The fourth-order valence-corrected chi connectivity index (χ4v) is 2.16. The Bertz CT molecular complexity index is 428. The lowest BCUT2D eigenvalue weighted by Gasteiger charge is -2.30. The highest BCUT2D eigenvalue weighted by Gasteiger charge is 2.59. The van der Waals surface area contributed by atoms with E-state index in [2.05, 4.69) is 5.32 Å². The van der Waals surface area contributed by atoms with Crippen molar-refractivity contribution in [1.29, 1.82) is 0 Å². The highest BCUT2D eigenvalue weighted by atomic mass is 35.5. The van der Waals surface area contributed by atoms with E-state index in [9.17, 15) is 26.3 Å². The van der Waals surface area contributed by atoms with Crippen LogP contribution >= 0.6 is 11.6 Å². The zero-order valence-corrected chi connectivity index (χ0v) is 11.1. The quantitative estimate of drug-likeness (QED) is 0.820. The number of likely N-dealkylation sites (N-methyl/N-ethyl adjacent to an activating group) is 1.